The molecule has 6 heteroatoms. The van der Waals surface area contributed by atoms with Crippen molar-refractivity contribution in [2.45, 2.75) is 0 Å². The van der Waals surface area contributed by atoms with E-state index < -0.39 is 0 Å². The summed E-state index contributed by atoms with van der Waals surface area (Å²) in [5, 5.41) is 8.00. The minimum atomic E-state index is -0.154. The van der Waals surface area contributed by atoms with Crippen molar-refractivity contribution in [2.24, 2.45) is 14.1 Å². The predicted octanol–water partition coefficient (Wildman–Crippen LogP) is 7.24. The Bertz CT molecular complexity index is 1770. The smallest absolute Gasteiger partial charge is 0.255 e. The first-order valence-corrected chi connectivity index (χ1v) is 13.0. The van der Waals surface area contributed by atoms with Gasteiger partial charge >= 0.3 is 0 Å². The fourth-order valence-corrected chi connectivity index (χ4v) is 4.93. The van der Waals surface area contributed by atoms with Crippen molar-refractivity contribution in [3.63, 3.8) is 0 Å². The van der Waals surface area contributed by atoms with Gasteiger partial charge in [0.2, 0.25) is 0 Å². The van der Waals surface area contributed by atoms with Gasteiger partial charge in [-0.15, -0.1) is 0 Å². The lowest BCUT2D eigenvalue weighted by Crippen LogP contribution is -2.11. The number of anilines is 2. The molecule has 4 aromatic carbocycles. The van der Waals surface area contributed by atoms with Gasteiger partial charge in [0.1, 0.15) is 0 Å². The molecule has 0 saturated carbocycles. The molecule has 6 rings (SSSR count). The minimum absolute atomic E-state index is 0.154. The van der Waals surface area contributed by atoms with E-state index in [1.54, 1.807) is 0 Å². The number of carbonyl (C=O) groups excluding carboxylic acids is 2. The minimum Gasteiger partial charge on any atom is -0.351 e. The lowest BCUT2D eigenvalue weighted by Gasteiger charge is -2.11. The maximum Gasteiger partial charge on any atom is 0.255 e. The van der Waals surface area contributed by atoms with Crippen molar-refractivity contribution >= 4 is 50.6 Å². The average molecular weight is 525 g/mol. The quantitative estimate of drug-likeness (QED) is 0.241. The van der Waals surface area contributed by atoms with Gasteiger partial charge in [-0.2, -0.15) is 0 Å². The normalized spacial score (nSPS) is 11.1. The summed E-state index contributed by atoms with van der Waals surface area (Å²) in [5.74, 6) is -0.308. The number of carbonyl (C=O) groups is 2. The van der Waals surface area contributed by atoms with Crippen molar-refractivity contribution in [1.29, 1.82) is 0 Å². The van der Waals surface area contributed by atoms with Gasteiger partial charge < -0.3 is 19.8 Å². The Morgan fingerprint density at radius 3 is 1.32 bits per heavy atom. The van der Waals surface area contributed by atoms with Crippen LogP contribution in [0.1, 0.15) is 31.8 Å². The highest BCUT2D eigenvalue weighted by Crippen LogP contribution is 2.25. The predicted molar refractivity (Wildman–Crippen MR) is 163 cm³/mol. The standard InChI is InChI=1S/C34H28N4O2/c1-22(23-4-10-29(11-5-23)35-33(39)27-8-14-31-25(20-27)16-18-37(31)2)24-6-12-30(13-7-24)36-34(40)28-9-15-32-26(21-28)17-19-38(32)3/h4-21H,1H2,2-3H3,(H,35,39)(H,36,40). The number of nitrogens with zero attached hydrogens (tertiary/aromatic N) is 2. The fraction of sp³-hybridized carbons (Fsp3) is 0.0588. The van der Waals surface area contributed by atoms with E-state index in [0.29, 0.717) is 22.5 Å². The second kappa shape index (κ2) is 10.1. The van der Waals surface area contributed by atoms with Crippen molar-refractivity contribution in [2.75, 3.05) is 10.6 Å². The highest BCUT2D eigenvalue weighted by Gasteiger charge is 2.11. The van der Waals surface area contributed by atoms with Crippen molar-refractivity contribution < 1.29 is 9.59 Å². The van der Waals surface area contributed by atoms with Crippen LogP contribution in [0.2, 0.25) is 0 Å². The van der Waals surface area contributed by atoms with Gasteiger partial charge in [0.15, 0.2) is 0 Å². The third-order valence-electron chi connectivity index (χ3n) is 7.28. The first-order valence-electron chi connectivity index (χ1n) is 13.0. The van der Waals surface area contributed by atoms with E-state index in [0.717, 1.165) is 38.5 Å². The average Bonchev–Trinajstić information content (AvgIpc) is 3.54. The summed E-state index contributed by atoms with van der Waals surface area (Å²) in [6.45, 7) is 4.25. The second-order valence-electron chi connectivity index (χ2n) is 9.94. The van der Waals surface area contributed by atoms with Gasteiger partial charge in [0.25, 0.3) is 11.8 Å². The molecule has 0 atom stereocenters. The molecule has 6 nitrogen and oxygen atoms in total. The molecule has 0 saturated heterocycles. The van der Waals surface area contributed by atoms with Crippen LogP contribution in [0.4, 0.5) is 11.4 Å². The van der Waals surface area contributed by atoms with E-state index >= 15 is 0 Å². The van der Waals surface area contributed by atoms with E-state index in [1.807, 2.05) is 133 Å². The number of hydrogen-bond donors (Lipinski definition) is 2. The second-order valence-corrected chi connectivity index (χ2v) is 9.94. The molecule has 0 bridgehead atoms. The molecule has 0 aliphatic rings. The molecule has 0 radical (unpaired) electrons. The number of fused-ring (bicyclic) bond motifs is 2. The largest absolute Gasteiger partial charge is 0.351 e. The zero-order valence-electron chi connectivity index (χ0n) is 22.3. The van der Waals surface area contributed by atoms with Crippen LogP contribution in [-0.2, 0) is 14.1 Å². The molecular weight excluding hydrogens is 496 g/mol. The van der Waals surface area contributed by atoms with Crippen LogP contribution in [0.5, 0.6) is 0 Å². The SMILES string of the molecule is C=C(c1ccc(NC(=O)c2ccc3c(ccn3C)c2)cc1)c1ccc(NC(=O)c2ccc3c(ccn3C)c2)cc1. The summed E-state index contributed by atoms with van der Waals surface area (Å²) < 4.78 is 4.05. The maximum absolute atomic E-state index is 12.8. The Labute approximate surface area is 232 Å². The van der Waals surface area contributed by atoms with E-state index in [9.17, 15) is 9.59 Å². The van der Waals surface area contributed by atoms with Crippen LogP contribution in [-0.4, -0.2) is 20.9 Å². The molecule has 196 valence electrons. The van der Waals surface area contributed by atoms with Crippen LogP contribution in [0.15, 0.2) is 116 Å². The van der Waals surface area contributed by atoms with Gasteiger partial charge in [-0.05, 0) is 89.5 Å². The Balaban J connectivity index is 1.09. The highest BCUT2D eigenvalue weighted by atomic mass is 16.2. The first kappa shape index (κ1) is 24.9. The molecule has 40 heavy (non-hydrogen) atoms. The van der Waals surface area contributed by atoms with Gasteiger partial charge in [-0.3, -0.25) is 9.59 Å². The summed E-state index contributed by atoms with van der Waals surface area (Å²) in [5.41, 5.74) is 7.54. The summed E-state index contributed by atoms with van der Waals surface area (Å²) >= 11 is 0. The monoisotopic (exact) mass is 524 g/mol. The Kier molecular flexibility index (Phi) is 6.28. The highest BCUT2D eigenvalue weighted by molar-refractivity contribution is 6.07. The van der Waals surface area contributed by atoms with Crippen LogP contribution < -0.4 is 10.6 Å². The summed E-state index contributed by atoms with van der Waals surface area (Å²) in [7, 11) is 3.97. The Hall–Kier alpha value is -5.36. The van der Waals surface area contributed by atoms with Crippen molar-refractivity contribution in [3.8, 4) is 0 Å². The molecule has 0 aliphatic heterocycles. The van der Waals surface area contributed by atoms with Crippen LogP contribution in [0, 0.1) is 0 Å². The number of amides is 2. The van der Waals surface area contributed by atoms with Crippen molar-refractivity contribution in [1.82, 2.24) is 9.13 Å². The van der Waals surface area contributed by atoms with Crippen LogP contribution in [0.25, 0.3) is 27.4 Å². The topological polar surface area (TPSA) is 68.1 Å². The van der Waals surface area contributed by atoms with E-state index in [-0.39, 0.29) is 11.8 Å². The number of aryl methyl sites for hydroxylation is 2. The van der Waals surface area contributed by atoms with Crippen molar-refractivity contribution in [3.05, 3.63) is 138 Å². The molecule has 6 aromatic rings. The molecule has 0 aliphatic carbocycles. The molecule has 2 N–H and O–H groups in total. The number of aromatic nitrogens is 2. The molecule has 0 fully saturated rings. The van der Waals surface area contributed by atoms with Gasteiger partial charge in [-0.25, -0.2) is 0 Å². The third kappa shape index (κ3) is 4.78. The number of rotatable bonds is 6. The molecule has 0 unspecified atom stereocenters. The molecule has 2 amide bonds. The molecule has 0 spiro atoms. The van der Waals surface area contributed by atoms with E-state index in [4.69, 9.17) is 0 Å². The van der Waals surface area contributed by atoms with E-state index in [2.05, 4.69) is 17.2 Å². The Morgan fingerprint density at radius 2 is 0.925 bits per heavy atom. The molecule has 2 heterocycles. The lowest BCUT2D eigenvalue weighted by atomic mass is 9.99. The van der Waals surface area contributed by atoms with E-state index in [1.165, 1.54) is 0 Å². The van der Waals surface area contributed by atoms with Gasteiger partial charge in [-0.1, -0.05) is 30.8 Å². The van der Waals surface area contributed by atoms with Gasteiger partial charge in [0.05, 0.1) is 0 Å². The summed E-state index contributed by atoms with van der Waals surface area (Å²) in [4.78, 5) is 25.6. The van der Waals surface area contributed by atoms with Gasteiger partial charge in [0, 0.05) is 70.8 Å². The lowest BCUT2D eigenvalue weighted by molar-refractivity contribution is 0.101. The summed E-state index contributed by atoms with van der Waals surface area (Å²) in [6.07, 6.45) is 3.96. The number of hydrogen-bond acceptors (Lipinski definition) is 2. The fourth-order valence-electron chi connectivity index (χ4n) is 4.93. The third-order valence-corrected chi connectivity index (χ3v) is 7.28. The number of benzene rings is 4. The number of nitrogens with one attached hydrogen (secondary N) is 2. The maximum atomic E-state index is 12.8. The Morgan fingerprint density at radius 1 is 0.550 bits per heavy atom. The van der Waals surface area contributed by atoms with Crippen LogP contribution >= 0.6 is 0 Å². The van der Waals surface area contributed by atoms with Crippen LogP contribution in [0.3, 0.4) is 0 Å². The zero-order chi connectivity index (χ0) is 27.8. The molecular formula is C34H28N4O2. The zero-order valence-corrected chi connectivity index (χ0v) is 22.3. The molecule has 2 aromatic heterocycles. The summed E-state index contributed by atoms with van der Waals surface area (Å²) in [6, 6.07) is 30.6. The first-order chi connectivity index (χ1) is 19.4.